The summed E-state index contributed by atoms with van der Waals surface area (Å²) in [7, 11) is 0. The average Bonchev–Trinajstić information content (AvgIpc) is 2.75. The van der Waals surface area contributed by atoms with Crippen LogP contribution < -0.4 is 9.47 Å². The van der Waals surface area contributed by atoms with E-state index in [1.54, 1.807) is 30.3 Å². The predicted molar refractivity (Wildman–Crippen MR) is 113 cm³/mol. The minimum absolute atomic E-state index is 0.0271. The molecule has 0 amide bonds. The maximum atomic E-state index is 14.3. The Bertz CT molecular complexity index is 1030. The second kappa shape index (κ2) is 11.2. The van der Waals surface area contributed by atoms with Gasteiger partial charge in [-0.05, 0) is 49.2 Å². The van der Waals surface area contributed by atoms with Gasteiger partial charge in [-0.2, -0.15) is 0 Å². The number of carbonyl (C=O) groups is 2. The molecule has 0 aliphatic heterocycles. The van der Waals surface area contributed by atoms with E-state index in [4.69, 9.17) is 18.9 Å². The van der Waals surface area contributed by atoms with Crippen molar-refractivity contribution < 1.29 is 32.9 Å². The van der Waals surface area contributed by atoms with Crippen LogP contribution in [-0.2, 0) is 19.1 Å². The van der Waals surface area contributed by atoms with E-state index in [0.29, 0.717) is 11.3 Å². The normalized spacial score (nSPS) is 10.7. The third kappa shape index (κ3) is 7.32. The van der Waals surface area contributed by atoms with Crippen molar-refractivity contribution in [1.29, 1.82) is 0 Å². The molecule has 0 saturated heterocycles. The molecule has 2 aromatic carbocycles. The Kier molecular flexibility index (Phi) is 8.33. The van der Waals surface area contributed by atoms with E-state index in [9.17, 15) is 14.0 Å². The van der Waals surface area contributed by atoms with Gasteiger partial charge >= 0.3 is 11.9 Å². The fourth-order valence-corrected chi connectivity index (χ4v) is 2.09. The Labute approximate surface area is 179 Å². The van der Waals surface area contributed by atoms with Gasteiger partial charge in [0.1, 0.15) is 30.8 Å². The first-order valence-corrected chi connectivity index (χ1v) is 9.04. The third-order valence-corrected chi connectivity index (χ3v) is 3.68. The highest BCUT2D eigenvalue weighted by Crippen LogP contribution is 2.27. The molecular weight excluding hydrogens is 403 g/mol. The molecule has 0 aliphatic rings. The summed E-state index contributed by atoms with van der Waals surface area (Å²) in [6.07, 6.45) is 4.42. The van der Waals surface area contributed by atoms with Crippen LogP contribution in [0.15, 0.2) is 91.8 Å². The van der Waals surface area contributed by atoms with Crippen LogP contribution in [0.3, 0.4) is 0 Å². The summed E-state index contributed by atoms with van der Waals surface area (Å²) in [4.78, 5) is 22.5. The summed E-state index contributed by atoms with van der Waals surface area (Å²) in [6, 6.07) is 11.3. The van der Waals surface area contributed by atoms with Gasteiger partial charge in [0.05, 0.1) is 0 Å². The summed E-state index contributed by atoms with van der Waals surface area (Å²) in [5, 5.41) is 0. The maximum absolute atomic E-state index is 14.3. The lowest BCUT2D eigenvalue weighted by molar-refractivity contribution is -0.134. The fourth-order valence-electron chi connectivity index (χ4n) is 2.09. The van der Waals surface area contributed by atoms with E-state index >= 15 is 0 Å². The molecule has 0 aromatic heterocycles. The Hall–Kier alpha value is -4.13. The smallest absolute Gasteiger partial charge is 0.338 e. The zero-order chi connectivity index (χ0) is 22.8. The molecule has 0 aliphatic carbocycles. The molecule has 0 atom stereocenters. The largest absolute Gasteiger partial charge is 0.462 e. The second-order valence-electron chi connectivity index (χ2n) is 6.32. The number of carbonyl (C=O) groups excluding carboxylic acids is 2. The lowest BCUT2D eigenvalue weighted by Crippen LogP contribution is -1.99. The zero-order valence-corrected chi connectivity index (χ0v) is 17.1. The summed E-state index contributed by atoms with van der Waals surface area (Å²) >= 11 is 0. The van der Waals surface area contributed by atoms with Crippen LogP contribution in [0.4, 0.5) is 4.39 Å². The molecule has 0 unspecified atom stereocenters. The molecule has 31 heavy (non-hydrogen) atoms. The van der Waals surface area contributed by atoms with Crippen molar-refractivity contribution in [2.24, 2.45) is 0 Å². The van der Waals surface area contributed by atoms with E-state index in [-0.39, 0.29) is 16.9 Å². The van der Waals surface area contributed by atoms with Crippen LogP contribution in [0.5, 0.6) is 11.5 Å². The fraction of sp³-hybridized carbons (Fsp3) is 0.0833. The van der Waals surface area contributed by atoms with E-state index in [2.05, 4.69) is 13.2 Å². The first kappa shape index (κ1) is 23.2. The van der Waals surface area contributed by atoms with Crippen molar-refractivity contribution >= 4 is 11.9 Å². The second-order valence-corrected chi connectivity index (χ2v) is 6.32. The number of hydrogen-bond donors (Lipinski definition) is 0. The Morgan fingerprint density at radius 2 is 1.29 bits per heavy atom. The minimum Gasteiger partial charge on any atom is -0.462 e. The van der Waals surface area contributed by atoms with Crippen molar-refractivity contribution in [3.63, 3.8) is 0 Å². The summed E-state index contributed by atoms with van der Waals surface area (Å²) in [6.45, 7) is 9.95. The van der Waals surface area contributed by atoms with Crippen LogP contribution in [-0.4, -0.2) is 11.9 Å². The number of hydrogen-bond acceptors (Lipinski definition) is 6. The van der Waals surface area contributed by atoms with Gasteiger partial charge in [0.25, 0.3) is 0 Å². The number of rotatable bonds is 9. The molecule has 0 spiro atoms. The third-order valence-electron chi connectivity index (χ3n) is 3.68. The summed E-state index contributed by atoms with van der Waals surface area (Å²) in [5.74, 6) is -1.27. The van der Waals surface area contributed by atoms with Crippen LogP contribution >= 0.6 is 0 Å². The van der Waals surface area contributed by atoms with Crippen molar-refractivity contribution in [2.45, 2.75) is 13.8 Å². The molecule has 2 aromatic rings. The van der Waals surface area contributed by atoms with Crippen LogP contribution in [0.1, 0.15) is 13.8 Å². The Morgan fingerprint density at radius 1 is 0.774 bits per heavy atom. The Balaban J connectivity index is 1.95. The number of ether oxygens (including phenoxy) is 4. The van der Waals surface area contributed by atoms with Crippen LogP contribution in [0.2, 0.25) is 0 Å². The van der Waals surface area contributed by atoms with Crippen LogP contribution in [0.25, 0.3) is 11.1 Å². The molecule has 7 heteroatoms. The van der Waals surface area contributed by atoms with E-state index < -0.39 is 17.8 Å². The molecule has 6 nitrogen and oxygen atoms in total. The zero-order valence-electron chi connectivity index (χ0n) is 17.1. The van der Waals surface area contributed by atoms with Gasteiger partial charge in [-0.25, -0.2) is 14.0 Å². The predicted octanol–water partition coefficient (Wildman–Crippen LogP) is 5.43. The molecule has 0 fully saturated rings. The van der Waals surface area contributed by atoms with Crippen molar-refractivity contribution in [2.75, 3.05) is 0 Å². The average molecular weight is 424 g/mol. The standard InChI is InChI=1S/C24H21FO6/c1-16(2)23(26)30-13-11-28-20-8-5-18(6-9-20)19-7-10-22(21(25)15-19)29-12-14-31-24(27)17(3)4/h5-15H,1,3H2,2,4H3/b13-11-,14-12-. The van der Waals surface area contributed by atoms with E-state index in [1.807, 2.05) is 0 Å². The molecule has 160 valence electrons. The van der Waals surface area contributed by atoms with Crippen molar-refractivity contribution in [1.82, 2.24) is 0 Å². The topological polar surface area (TPSA) is 71.1 Å². The highest BCUT2D eigenvalue weighted by atomic mass is 19.1. The SMILES string of the molecule is C=C(C)C(=O)O/C=C\Oc1ccc(-c2ccc(O/C=C\OC(=O)C(=C)C)c(F)c2)cc1. The van der Waals surface area contributed by atoms with Crippen molar-refractivity contribution in [3.05, 3.63) is 97.6 Å². The number of halogens is 1. The highest BCUT2D eigenvalue weighted by molar-refractivity contribution is 5.87. The lowest BCUT2D eigenvalue weighted by atomic mass is 10.1. The molecule has 0 N–H and O–H groups in total. The van der Waals surface area contributed by atoms with Gasteiger partial charge in [0, 0.05) is 11.1 Å². The van der Waals surface area contributed by atoms with Gasteiger partial charge < -0.3 is 18.9 Å². The van der Waals surface area contributed by atoms with Crippen molar-refractivity contribution in [3.8, 4) is 22.6 Å². The van der Waals surface area contributed by atoms with Gasteiger partial charge in [-0.15, -0.1) is 0 Å². The maximum Gasteiger partial charge on any atom is 0.338 e. The first-order chi connectivity index (χ1) is 14.8. The Morgan fingerprint density at radius 3 is 1.81 bits per heavy atom. The molecular formula is C24H21FO6. The van der Waals surface area contributed by atoms with Gasteiger partial charge in [-0.1, -0.05) is 31.4 Å². The molecule has 0 heterocycles. The monoisotopic (exact) mass is 424 g/mol. The van der Waals surface area contributed by atoms with Gasteiger partial charge in [0.15, 0.2) is 11.6 Å². The lowest BCUT2D eigenvalue weighted by Gasteiger charge is -2.07. The molecule has 0 saturated carbocycles. The quantitative estimate of drug-likeness (QED) is 0.304. The van der Waals surface area contributed by atoms with Crippen LogP contribution in [0, 0.1) is 5.82 Å². The molecule has 0 bridgehead atoms. The van der Waals surface area contributed by atoms with Gasteiger partial charge in [0.2, 0.25) is 0 Å². The summed E-state index contributed by atoms with van der Waals surface area (Å²) < 4.78 is 34.2. The first-order valence-electron chi connectivity index (χ1n) is 9.04. The van der Waals surface area contributed by atoms with Gasteiger partial charge in [-0.3, -0.25) is 0 Å². The molecule has 0 radical (unpaired) electrons. The van der Waals surface area contributed by atoms with E-state index in [1.165, 1.54) is 32.2 Å². The number of esters is 2. The van der Waals surface area contributed by atoms with E-state index in [0.717, 1.165) is 24.3 Å². The minimum atomic E-state index is -0.605. The highest BCUT2D eigenvalue weighted by Gasteiger charge is 2.07. The molecule has 2 rings (SSSR count). The summed E-state index contributed by atoms with van der Waals surface area (Å²) in [5.41, 5.74) is 1.89. The number of benzene rings is 2.